The highest BCUT2D eigenvalue weighted by atomic mass is 32.2. The number of nitrogens with one attached hydrogen (secondary N) is 2. The molecule has 0 aromatic carbocycles. The second-order valence-electron chi connectivity index (χ2n) is 3.25. The molecule has 3 nitrogen and oxygen atoms in total. The number of hydrogen-bond acceptors (Lipinski definition) is 3. The molecule has 0 aliphatic carbocycles. The van der Waals surface area contributed by atoms with Crippen LogP contribution in [0.3, 0.4) is 0 Å². The normalized spacial score (nSPS) is 21.6. The molecule has 1 rings (SSSR count). The minimum atomic E-state index is -4.35. The van der Waals surface area contributed by atoms with E-state index in [-0.39, 0.29) is 0 Å². The fourth-order valence-electron chi connectivity index (χ4n) is 1.10. The van der Waals surface area contributed by atoms with Gasteiger partial charge in [0.2, 0.25) is 0 Å². The molecule has 1 aliphatic rings. The molecule has 0 bridgehead atoms. The Balaban J connectivity index is 2.09. The topological polar surface area (TPSA) is 41.1 Å². The van der Waals surface area contributed by atoms with Crippen LogP contribution >= 0.6 is 23.5 Å². The molecule has 1 unspecified atom stereocenters. The van der Waals surface area contributed by atoms with Gasteiger partial charge in [-0.15, -0.1) is 0 Å². The van der Waals surface area contributed by atoms with Gasteiger partial charge < -0.3 is 10.6 Å². The summed E-state index contributed by atoms with van der Waals surface area (Å²) in [6.07, 6.45) is -4.35. The molecule has 1 fully saturated rings. The van der Waals surface area contributed by atoms with Crippen molar-refractivity contribution >= 4 is 29.6 Å². The summed E-state index contributed by atoms with van der Waals surface area (Å²) in [5.74, 6) is 3.06. The summed E-state index contributed by atoms with van der Waals surface area (Å²) in [5, 5.41) is 4.51. The molecule has 0 saturated carbocycles. The standard InChI is InChI=1S/C8H13F3N2OS2/c9-8(10,11)5-13-7(14)12-3-6-4-15-1-2-16-6/h6H,1-5H2,(H2,12,13,14). The summed E-state index contributed by atoms with van der Waals surface area (Å²) < 4.78 is 35.3. The lowest BCUT2D eigenvalue weighted by Gasteiger charge is -2.21. The van der Waals surface area contributed by atoms with E-state index in [1.165, 1.54) is 0 Å². The number of urea groups is 1. The van der Waals surface area contributed by atoms with Crippen LogP contribution in [0.25, 0.3) is 0 Å². The number of carbonyl (C=O) groups excluding carboxylic acids is 1. The van der Waals surface area contributed by atoms with Crippen LogP contribution in [0.5, 0.6) is 0 Å². The summed E-state index contributed by atoms with van der Waals surface area (Å²) in [6, 6.07) is -0.756. The molecular formula is C8H13F3N2OS2. The SMILES string of the molecule is O=C(NCC1CSCCS1)NCC(F)(F)F. The number of thioether (sulfide) groups is 2. The number of rotatable bonds is 3. The van der Waals surface area contributed by atoms with Crippen LogP contribution in [-0.4, -0.2) is 47.8 Å². The maximum absolute atomic E-state index is 11.8. The third-order valence-electron chi connectivity index (χ3n) is 1.82. The molecule has 0 spiro atoms. The largest absolute Gasteiger partial charge is 0.405 e. The van der Waals surface area contributed by atoms with Gasteiger partial charge in [-0.05, 0) is 0 Å². The molecule has 16 heavy (non-hydrogen) atoms. The van der Waals surface area contributed by atoms with E-state index in [2.05, 4.69) is 5.32 Å². The number of halogens is 3. The Labute approximate surface area is 100 Å². The Morgan fingerprint density at radius 3 is 2.62 bits per heavy atom. The van der Waals surface area contributed by atoms with E-state index in [0.717, 1.165) is 17.3 Å². The third kappa shape index (κ3) is 6.37. The van der Waals surface area contributed by atoms with Gasteiger partial charge in [0.1, 0.15) is 6.54 Å². The lowest BCUT2D eigenvalue weighted by Crippen LogP contribution is -2.43. The minimum absolute atomic E-state index is 0.301. The number of carbonyl (C=O) groups is 1. The van der Waals surface area contributed by atoms with Crippen LogP contribution in [0.4, 0.5) is 18.0 Å². The van der Waals surface area contributed by atoms with Gasteiger partial charge in [0.05, 0.1) is 0 Å². The number of amides is 2. The summed E-state index contributed by atoms with van der Waals surface area (Å²) in [4.78, 5) is 11.0. The molecule has 1 aliphatic heterocycles. The average Bonchev–Trinajstić information content (AvgIpc) is 2.24. The van der Waals surface area contributed by atoms with Crippen LogP contribution in [0.1, 0.15) is 0 Å². The van der Waals surface area contributed by atoms with Crippen molar-refractivity contribution in [3.05, 3.63) is 0 Å². The molecule has 0 aromatic heterocycles. The van der Waals surface area contributed by atoms with E-state index >= 15 is 0 Å². The van der Waals surface area contributed by atoms with Crippen molar-refractivity contribution in [3.8, 4) is 0 Å². The highest BCUT2D eigenvalue weighted by Crippen LogP contribution is 2.23. The van der Waals surface area contributed by atoms with E-state index in [4.69, 9.17) is 0 Å². The van der Waals surface area contributed by atoms with Crippen molar-refractivity contribution in [3.63, 3.8) is 0 Å². The molecule has 1 atom stereocenters. The maximum Gasteiger partial charge on any atom is 0.405 e. The van der Waals surface area contributed by atoms with Crippen LogP contribution < -0.4 is 10.6 Å². The molecule has 1 heterocycles. The first-order valence-corrected chi connectivity index (χ1v) is 6.95. The van der Waals surface area contributed by atoms with Gasteiger partial charge in [-0.3, -0.25) is 0 Å². The first-order valence-electron chi connectivity index (χ1n) is 4.75. The maximum atomic E-state index is 11.8. The Morgan fingerprint density at radius 2 is 2.06 bits per heavy atom. The van der Waals surface area contributed by atoms with E-state index in [9.17, 15) is 18.0 Å². The predicted molar refractivity (Wildman–Crippen MR) is 61.0 cm³/mol. The van der Waals surface area contributed by atoms with Gasteiger partial charge in [-0.25, -0.2) is 4.79 Å². The van der Waals surface area contributed by atoms with Gasteiger partial charge in [0.25, 0.3) is 0 Å². The van der Waals surface area contributed by atoms with Gasteiger partial charge in [0, 0.05) is 29.1 Å². The highest BCUT2D eigenvalue weighted by Gasteiger charge is 2.27. The van der Waals surface area contributed by atoms with E-state index in [0.29, 0.717) is 11.8 Å². The van der Waals surface area contributed by atoms with Crippen molar-refractivity contribution in [2.45, 2.75) is 11.4 Å². The third-order valence-corrected chi connectivity index (χ3v) is 4.67. The van der Waals surface area contributed by atoms with Crippen LogP contribution in [0.2, 0.25) is 0 Å². The zero-order chi connectivity index (χ0) is 12.0. The molecule has 94 valence electrons. The zero-order valence-electron chi connectivity index (χ0n) is 8.47. The fraction of sp³-hybridized carbons (Fsp3) is 0.875. The van der Waals surface area contributed by atoms with Crippen LogP contribution in [0, 0.1) is 0 Å². The van der Waals surface area contributed by atoms with Crippen molar-refractivity contribution in [2.24, 2.45) is 0 Å². The summed E-state index contributed by atoms with van der Waals surface area (Å²) >= 11 is 3.54. The number of hydrogen-bond donors (Lipinski definition) is 2. The highest BCUT2D eigenvalue weighted by molar-refractivity contribution is 8.06. The van der Waals surface area contributed by atoms with Crippen LogP contribution in [-0.2, 0) is 0 Å². The van der Waals surface area contributed by atoms with E-state index in [1.807, 2.05) is 0 Å². The predicted octanol–water partition coefficient (Wildman–Crippen LogP) is 1.70. The van der Waals surface area contributed by atoms with Crippen molar-refractivity contribution in [1.82, 2.24) is 10.6 Å². The van der Waals surface area contributed by atoms with Gasteiger partial charge in [-0.1, -0.05) is 0 Å². The quantitative estimate of drug-likeness (QED) is 0.823. The summed E-state index contributed by atoms with van der Waals surface area (Å²) in [6.45, 7) is -0.868. The second kappa shape index (κ2) is 6.48. The van der Waals surface area contributed by atoms with Crippen molar-refractivity contribution in [2.75, 3.05) is 30.3 Å². The van der Waals surface area contributed by atoms with Crippen molar-refractivity contribution in [1.29, 1.82) is 0 Å². The molecule has 0 radical (unpaired) electrons. The summed E-state index contributed by atoms with van der Waals surface area (Å²) in [5.41, 5.74) is 0. The molecule has 2 amide bonds. The molecule has 0 aromatic rings. The summed E-state index contributed by atoms with van der Waals surface area (Å²) in [7, 11) is 0. The molecular weight excluding hydrogens is 261 g/mol. The lowest BCUT2D eigenvalue weighted by molar-refractivity contribution is -0.122. The lowest BCUT2D eigenvalue weighted by atomic mass is 10.4. The van der Waals surface area contributed by atoms with Gasteiger partial charge >= 0.3 is 12.2 Å². The van der Waals surface area contributed by atoms with Gasteiger partial charge in [-0.2, -0.15) is 36.7 Å². The smallest absolute Gasteiger partial charge is 0.337 e. The van der Waals surface area contributed by atoms with Gasteiger partial charge in [0.15, 0.2) is 0 Å². The fourth-order valence-corrected chi connectivity index (χ4v) is 3.72. The first kappa shape index (κ1) is 13.8. The molecule has 2 N–H and O–H groups in total. The van der Waals surface area contributed by atoms with Crippen LogP contribution in [0.15, 0.2) is 0 Å². The van der Waals surface area contributed by atoms with E-state index < -0.39 is 18.8 Å². The van der Waals surface area contributed by atoms with Crippen molar-refractivity contribution < 1.29 is 18.0 Å². The molecule has 8 heteroatoms. The first-order chi connectivity index (χ1) is 7.47. The number of alkyl halides is 3. The minimum Gasteiger partial charge on any atom is -0.337 e. The Kier molecular flexibility index (Phi) is 5.60. The van der Waals surface area contributed by atoms with E-state index in [1.54, 1.807) is 28.8 Å². The monoisotopic (exact) mass is 274 g/mol. The Bertz CT molecular complexity index is 232. The molecule has 1 saturated heterocycles. The Morgan fingerprint density at radius 1 is 1.31 bits per heavy atom. The zero-order valence-corrected chi connectivity index (χ0v) is 10.1. The second-order valence-corrected chi connectivity index (χ2v) is 5.80. The average molecular weight is 274 g/mol. The Hall–Kier alpha value is -0.240.